The second kappa shape index (κ2) is 10.6. The zero-order valence-corrected chi connectivity index (χ0v) is 20.5. The van der Waals surface area contributed by atoms with Crippen molar-refractivity contribution in [3.05, 3.63) is 63.6 Å². The highest BCUT2D eigenvalue weighted by atomic mass is 35.5. The number of ether oxygens (including phenoxy) is 3. The number of nitrogens with one attached hydrogen (secondary N) is 1. The predicted molar refractivity (Wildman–Crippen MR) is 131 cm³/mol. The van der Waals surface area contributed by atoms with Gasteiger partial charge in [-0.1, -0.05) is 41.4 Å². The van der Waals surface area contributed by atoms with Crippen LogP contribution in [0.25, 0.3) is 0 Å². The number of benzene rings is 2. The molecular formula is C26H31Cl2NO4. The maximum Gasteiger partial charge on any atom is 0.230 e. The summed E-state index contributed by atoms with van der Waals surface area (Å²) in [7, 11) is 0. The van der Waals surface area contributed by atoms with E-state index in [4.69, 9.17) is 37.4 Å². The Kier molecular flexibility index (Phi) is 7.85. The first kappa shape index (κ1) is 24.3. The van der Waals surface area contributed by atoms with Crippen molar-refractivity contribution in [2.24, 2.45) is 0 Å². The molecule has 0 unspecified atom stereocenters. The van der Waals surface area contributed by atoms with Crippen LogP contribution in [-0.4, -0.2) is 45.5 Å². The molecule has 2 saturated heterocycles. The van der Waals surface area contributed by atoms with Crippen molar-refractivity contribution in [1.82, 2.24) is 5.32 Å². The molecule has 0 bridgehead atoms. The summed E-state index contributed by atoms with van der Waals surface area (Å²) < 4.78 is 16.9. The Balaban J connectivity index is 1.59. The Labute approximate surface area is 205 Å². The van der Waals surface area contributed by atoms with Crippen molar-refractivity contribution in [2.45, 2.75) is 43.4 Å². The lowest BCUT2D eigenvalue weighted by Crippen LogP contribution is -2.52. The molecule has 1 amide bonds. The fourth-order valence-corrected chi connectivity index (χ4v) is 5.63. The number of halogens is 2. The first-order chi connectivity index (χ1) is 16.0. The van der Waals surface area contributed by atoms with Gasteiger partial charge in [-0.15, -0.1) is 0 Å². The summed E-state index contributed by atoms with van der Waals surface area (Å²) in [5.41, 5.74) is 1.09. The lowest BCUT2D eigenvalue weighted by Gasteiger charge is -2.41. The number of carbonyl (C=O) groups excluding carboxylic acids is 1. The highest BCUT2D eigenvalue weighted by Gasteiger charge is 2.44. The van der Waals surface area contributed by atoms with Crippen LogP contribution in [-0.2, 0) is 25.1 Å². The van der Waals surface area contributed by atoms with Crippen molar-refractivity contribution < 1.29 is 19.0 Å². The van der Waals surface area contributed by atoms with Crippen LogP contribution in [0.5, 0.6) is 5.75 Å². The van der Waals surface area contributed by atoms with Crippen molar-refractivity contribution in [1.29, 1.82) is 0 Å². The Morgan fingerprint density at radius 2 is 1.61 bits per heavy atom. The summed E-state index contributed by atoms with van der Waals surface area (Å²) in [4.78, 5) is 13.8. The zero-order valence-electron chi connectivity index (χ0n) is 19.0. The molecule has 2 aliphatic heterocycles. The number of rotatable bonds is 7. The Morgan fingerprint density at radius 1 is 0.970 bits per heavy atom. The maximum absolute atomic E-state index is 13.8. The van der Waals surface area contributed by atoms with E-state index in [0.29, 0.717) is 62.5 Å². The van der Waals surface area contributed by atoms with E-state index >= 15 is 0 Å². The zero-order chi connectivity index (χ0) is 23.3. The van der Waals surface area contributed by atoms with E-state index in [1.807, 2.05) is 25.1 Å². The van der Waals surface area contributed by atoms with E-state index in [1.54, 1.807) is 12.1 Å². The molecule has 2 heterocycles. The smallest absolute Gasteiger partial charge is 0.230 e. The molecular weight excluding hydrogens is 461 g/mol. The fourth-order valence-electron chi connectivity index (χ4n) is 5.04. The topological polar surface area (TPSA) is 56.8 Å². The van der Waals surface area contributed by atoms with Gasteiger partial charge in [0.15, 0.2) is 0 Å². The summed E-state index contributed by atoms with van der Waals surface area (Å²) in [6.07, 6.45) is 2.86. The van der Waals surface area contributed by atoms with Gasteiger partial charge in [0.05, 0.1) is 12.0 Å². The number of amides is 1. The van der Waals surface area contributed by atoms with Crippen LogP contribution < -0.4 is 10.1 Å². The molecule has 0 radical (unpaired) electrons. The second-order valence-corrected chi connectivity index (χ2v) is 9.70. The molecule has 1 N–H and O–H groups in total. The molecule has 5 nitrogen and oxygen atoms in total. The van der Waals surface area contributed by atoms with Gasteiger partial charge in [0, 0.05) is 48.4 Å². The number of hydrogen-bond donors (Lipinski definition) is 1. The van der Waals surface area contributed by atoms with Gasteiger partial charge in [0.25, 0.3) is 0 Å². The standard InChI is InChI=1S/C26H31Cl2NO4/c1-2-33-21-6-3-19(4-7-21)25(9-13-31-14-10-25)18-29-24(30)26(11-15-32-16-12-26)22-8-5-20(27)17-23(22)28/h3-8,17H,2,9-16,18H2,1H3,(H,29,30). The van der Waals surface area contributed by atoms with Crippen molar-refractivity contribution in [3.8, 4) is 5.75 Å². The van der Waals surface area contributed by atoms with Crippen molar-refractivity contribution in [2.75, 3.05) is 39.6 Å². The fraction of sp³-hybridized carbons (Fsp3) is 0.500. The number of hydrogen-bond acceptors (Lipinski definition) is 4. The van der Waals surface area contributed by atoms with Gasteiger partial charge < -0.3 is 19.5 Å². The molecule has 2 aromatic rings. The van der Waals surface area contributed by atoms with Crippen LogP contribution in [0, 0.1) is 0 Å². The summed E-state index contributed by atoms with van der Waals surface area (Å²) in [6.45, 7) is 5.53. The average Bonchev–Trinajstić information content (AvgIpc) is 2.84. The van der Waals surface area contributed by atoms with Gasteiger partial charge in [-0.05, 0) is 68.0 Å². The van der Waals surface area contributed by atoms with Crippen LogP contribution in [0.4, 0.5) is 0 Å². The Hall–Kier alpha value is -1.79. The van der Waals surface area contributed by atoms with Gasteiger partial charge in [-0.2, -0.15) is 0 Å². The van der Waals surface area contributed by atoms with Crippen LogP contribution >= 0.6 is 23.2 Å². The van der Waals surface area contributed by atoms with Crippen LogP contribution in [0.1, 0.15) is 43.7 Å². The van der Waals surface area contributed by atoms with Crippen LogP contribution in [0.15, 0.2) is 42.5 Å². The van der Waals surface area contributed by atoms with Crippen molar-refractivity contribution in [3.63, 3.8) is 0 Å². The number of carbonyl (C=O) groups is 1. The molecule has 2 aromatic carbocycles. The Bertz CT molecular complexity index is 951. The second-order valence-electron chi connectivity index (χ2n) is 8.85. The minimum absolute atomic E-state index is 0.00757. The molecule has 0 aromatic heterocycles. The van der Waals surface area contributed by atoms with Crippen LogP contribution in [0.2, 0.25) is 10.0 Å². The van der Waals surface area contributed by atoms with E-state index in [9.17, 15) is 4.79 Å². The molecule has 4 rings (SSSR count). The van der Waals surface area contributed by atoms with Gasteiger partial charge >= 0.3 is 0 Å². The van der Waals surface area contributed by atoms with E-state index in [0.717, 1.165) is 24.2 Å². The highest BCUT2D eigenvalue weighted by Crippen LogP contribution is 2.41. The predicted octanol–water partition coefficient (Wildman–Crippen LogP) is 5.30. The van der Waals surface area contributed by atoms with Gasteiger partial charge in [-0.3, -0.25) is 4.79 Å². The van der Waals surface area contributed by atoms with E-state index in [-0.39, 0.29) is 11.3 Å². The molecule has 7 heteroatoms. The average molecular weight is 492 g/mol. The molecule has 0 atom stereocenters. The third-order valence-electron chi connectivity index (χ3n) is 7.04. The molecule has 178 valence electrons. The largest absolute Gasteiger partial charge is 0.494 e. The lowest BCUT2D eigenvalue weighted by molar-refractivity contribution is -0.131. The minimum atomic E-state index is -0.731. The molecule has 33 heavy (non-hydrogen) atoms. The minimum Gasteiger partial charge on any atom is -0.494 e. The summed E-state index contributed by atoms with van der Waals surface area (Å²) in [5, 5.41) is 4.39. The van der Waals surface area contributed by atoms with Crippen LogP contribution in [0.3, 0.4) is 0 Å². The van der Waals surface area contributed by atoms with Gasteiger partial charge in [0.1, 0.15) is 5.75 Å². The highest BCUT2D eigenvalue weighted by molar-refractivity contribution is 6.35. The lowest BCUT2D eigenvalue weighted by atomic mass is 9.71. The van der Waals surface area contributed by atoms with E-state index < -0.39 is 5.41 Å². The first-order valence-corrected chi connectivity index (χ1v) is 12.4. The Morgan fingerprint density at radius 3 is 2.21 bits per heavy atom. The molecule has 2 fully saturated rings. The summed E-state index contributed by atoms with van der Waals surface area (Å²) >= 11 is 12.7. The van der Waals surface area contributed by atoms with Gasteiger partial charge in [-0.25, -0.2) is 0 Å². The quantitative estimate of drug-likeness (QED) is 0.570. The monoisotopic (exact) mass is 491 g/mol. The summed E-state index contributed by atoms with van der Waals surface area (Å²) in [6, 6.07) is 13.6. The first-order valence-electron chi connectivity index (χ1n) is 11.6. The molecule has 0 aliphatic carbocycles. The van der Waals surface area contributed by atoms with Gasteiger partial charge in [0.2, 0.25) is 5.91 Å². The van der Waals surface area contributed by atoms with E-state index in [1.165, 1.54) is 5.56 Å². The molecule has 0 spiro atoms. The third-order valence-corrected chi connectivity index (χ3v) is 7.59. The molecule has 0 saturated carbocycles. The maximum atomic E-state index is 13.8. The SMILES string of the molecule is CCOc1ccc(C2(CNC(=O)C3(c4ccc(Cl)cc4Cl)CCOCC3)CCOCC2)cc1. The van der Waals surface area contributed by atoms with E-state index in [2.05, 4.69) is 17.4 Å². The van der Waals surface area contributed by atoms with Crippen molar-refractivity contribution >= 4 is 29.1 Å². The summed E-state index contributed by atoms with van der Waals surface area (Å²) in [5.74, 6) is 0.845. The third kappa shape index (κ3) is 5.17. The normalized spacial score (nSPS) is 19.6. The molecule has 2 aliphatic rings.